The highest BCUT2D eigenvalue weighted by atomic mass is 16.2. The second-order valence-corrected chi connectivity index (χ2v) is 4.76. The van der Waals surface area contributed by atoms with E-state index in [-0.39, 0.29) is 11.9 Å². The lowest BCUT2D eigenvalue weighted by molar-refractivity contribution is -0.123. The van der Waals surface area contributed by atoms with Crippen LogP contribution in [-0.2, 0) is 18.3 Å². The molecular formula is C12H21N5O. The Morgan fingerprint density at radius 2 is 2.44 bits per heavy atom. The molecule has 2 rings (SSSR count). The van der Waals surface area contributed by atoms with Gasteiger partial charge in [0.25, 0.3) is 0 Å². The maximum Gasteiger partial charge on any atom is 0.237 e. The topological polar surface area (TPSA) is 71.8 Å². The van der Waals surface area contributed by atoms with Gasteiger partial charge >= 0.3 is 0 Å². The third-order valence-corrected chi connectivity index (χ3v) is 3.33. The van der Waals surface area contributed by atoms with Crippen molar-refractivity contribution in [3.8, 4) is 0 Å². The molecule has 1 fully saturated rings. The minimum absolute atomic E-state index is 0.0213. The third-order valence-electron chi connectivity index (χ3n) is 3.33. The van der Waals surface area contributed by atoms with Crippen LogP contribution in [0.15, 0.2) is 6.33 Å². The first-order chi connectivity index (χ1) is 8.77. The number of carbonyl (C=O) groups excluding carboxylic acids is 1. The summed E-state index contributed by atoms with van der Waals surface area (Å²) in [5.74, 6) is 1.00. The van der Waals surface area contributed by atoms with E-state index in [4.69, 9.17) is 0 Å². The van der Waals surface area contributed by atoms with Gasteiger partial charge in [-0.1, -0.05) is 12.8 Å². The lowest BCUT2D eigenvalue weighted by Crippen LogP contribution is -2.44. The first-order valence-corrected chi connectivity index (χ1v) is 6.61. The molecule has 1 aromatic rings. The van der Waals surface area contributed by atoms with Gasteiger partial charge in [-0.3, -0.25) is 4.79 Å². The molecule has 6 heteroatoms. The standard InChI is InChI=1S/C12H21N5O/c1-17-9-15-16-11(17)6-8-14-12(18)10-5-3-2-4-7-13-10/h9-10,13H,2-8H2,1H3,(H,14,18). The van der Waals surface area contributed by atoms with Gasteiger partial charge in [-0.25, -0.2) is 0 Å². The van der Waals surface area contributed by atoms with Crippen LogP contribution in [0.5, 0.6) is 0 Å². The monoisotopic (exact) mass is 251 g/mol. The van der Waals surface area contributed by atoms with E-state index in [2.05, 4.69) is 20.8 Å². The number of rotatable bonds is 4. The SMILES string of the molecule is Cn1cnnc1CCNC(=O)C1CCCCCN1. The molecule has 0 spiro atoms. The Bertz CT molecular complexity index is 382. The number of hydrogen-bond acceptors (Lipinski definition) is 4. The number of carbonyl (C=O) groups is 1. The van der Waals surface area contributed by atoms with Crippen LogP contribution in [0.1, 0.15) is 31.5 Å². The summed E-state index contributed by atoms with van der Waals surface area (Å²) in [5.41, 5.74) is 0. The summed E-state index contributed by atoms with van der Waals surface area (Å²) in [7, 11) is 1.91. The Balaban J connectivity index is 1.72. The van der Waals surface area contributed by atoms with Crippen LogP contribution in [0.2, 0.25) is 0 Å². The summed E-state index contributed by atoms with van der Waals surface area (Å²) < 4.78 is 1.87. The molecule has 1 saturated heterocycles. The predicted octanol–water partition coefficient (Wildman–Crippen LogP) is 0.00600. The molecule has 1 atom stereocenters. The van der Waals surface area contributed by atoms with Crippen molar-refractivity contribution in [3.63, 3.8) is 0 Å². The van der Waals surface area contributed by atoms with Crippen LogP contribution >= 0.6 is 0 Å². The Kier molecular flexibility index (Phi) is 4.69. The number of nitrogens with zero attached hydrogens (tertiary/aromatic N) is 3. The smallest absolute Gasteiger partial charge is 0.237 e. The molecule has 100 valence electrons. The van der Waals surface area contributed by atoms with Gasteiger partial charge in [0.1, 0.15) is 12.2 Å². The minimum Gasteiger partial charge on any atom is -0.354 e. The second kappa shape index (κ2) is 6.49. The number of aryl methyl sites for hydroxylation is 1. The maximum absolute atomic E-state index is 11.9. The molecule has 1 unspecified atom stereocenters. The van der Waals surface area contributed by atoms with Gasteiger partial charge < -0.3 is 15.2 Å². The highest BCUT2D eigenvalue weighted by molar-refractivity contribution is 5.81. The van der Waals surface area contributed by atoms with Crippen molar-refractivity contribution in [2.24, 2.45) is 7.05 Å². The summed E-state index contributed by atoms with van der Waals surface area (Å²) in [6.07, 6.45) is 6.85. The molecular weight excluding hydrogens is 230 g/mol. The van der Waals surface area contributed by atoms with E-state index < -0.39 is 0 Å². The average molecular weight is 251 g/mol. The fourth-order valence-electron chi connectivity index (χ4n) is 2.21. The molecule has 0 aromatic carbocycles. The Hall–Kier alpha value is -1.43. The molecule has 6 nitrogen and oxygen atoms in total. The zero-order valence-corrected chi connectivity index (χ0v) is 10.9. The Morgan fingerprint density at radius 1 is 1.56 bits per heavy atom. The summed E-state index contributed by atoms with van der Waals surface area (Å²) in [6, 6.07) is -0.0213. The number of aromatic nitrogens is 3. The predicted molar refractivity (Wildman–Crippen MR) is 68.0 cm³/mol. The normalized spacial score (nSPS) is 20.4. The average Bonchev–Trinajstić information content (AvgIpc) is 2.64. The highest BCUT2D eigenvalue weighted by Crippen LogP contribution is 2.08. The van der Waals surface area contributed by atoms with Gasteiger partial charge in [0.05, 0.1) is 6.04 Å². The summed E-state index contributed by atoms with van der Waals surface area (Å²) >= 11 is 0. The van der Waals surface area contributed by atoms with Crippen molar-refractivity contribution in [2.75, 3.05) is 13.1 Å². The molecule has 2 heterocycles. The molecule has 1 amide bonds. The van der Waals surface area contributed by atoms with E-state index in [9.17, 15) is 4.79 Å². The molecule has 1 aromatic heterocycles. The first kappa shape index (κ1) is 13.0. The summed E-state index contributed by atoms with van der Waals surface area (Å²) in [5, 5.41) is 14.1. The van der Waals surface area contributed by atoms with Crippen LogP contribution in [0.3, 0.4) is 0 Å². The van der Waals surface area contributed by atoms with Crippen LogP contribution in [0, 0.1) is 0 Å². The van der Waals surface area contributed by atoms with Gasteiger partial charge in [0, 0.05) is 20.0 Å². The largest absolute Gasteiger partial charge is 0.354 e. The van der Waals surface area contributed by atoms with Crippen molar-refractivity contribution < 1.29 is 4.79 Å². The number of hydrogen-bond donors (Lipinski definition) is 2. The van der Waals surface area contributed by atoms with Crippen LogP contribution < -0.4 is 10.6 Å². The van der Waals surface area contributed by atoms with Crippen LogP contribution in [0.4, 0.5) is 0 Å². The van der Waals surface area contributed by atoms with E-state index >= 15 is 0 Å². The molecule has 2 N–H and O–H groups in total. The van der Waals surface area contributed by atoms with Gasteiger partial charge in [-0.05, 0) is 19.4 Å². The molecule has 18 heavy (non-hydrogen) atoms. The van der Waals surface area contributed by atoms with E-state index in [1.807, 2.05) is 11.6 Å². The Labute approximate surface area is 107 Å². The number of nitrogens with one attached hydrogen (secondary N) is 2. The molecule has 0 aliphatic carbocycles. The van der Waals surface area contributed by atoms with Crippen molar-refractivity contribution in [1.82, 2.24) is 25.4 Å². The van der Waals surface area contributed by atoms with Gasteiger partial charge in [0.15, 0.2) is 0 Å². The van der Waals surface area contributed by atoms with Gasteiger partial charge in [0.2, 0.25) is 5.91 Å². The highest BCUT2D eigenvalue weighted by Gasteiger charge is 2.18. The van der Waals surface area contributed by atoms with Crippen molar-refractivity contribution in [2.45, 2.75) is 38.1 Å². The van der Waals surface area contributed by atoms with Crippen LogP contribution in [0.25, 0.3) is 0 Å². The van der Waals surface area contributed by atoms with E-state index in [0.717, 1.165) is 31.6 Å². The fraction of sp³-hybridized carbons (Fsp3) is 0.750. The molecule has 1 aliphatic heterocycles. The zero-order chi connectivity index (χ0) is 12.8. The lowest BCUT2D eigenvalue weighted by Gasteiger charge is -2.15. The summed E-state index contributed by atoms with van der Waals surface area (Å²) in [6.45, 7) is 1.56. The van der Waals surface area contributed by atoms with E-state index in [1.165, 1.54) is 12.8 Å². The lowest BCUT2D eigenvalue weighted by atomic mass is 10.1. The molecule has 0 bridgehead atoms. The van der Waals surface area contributed by atoms with Crippen LogP contribution in [-0.4, -0.2) is 39.8 Å². The number of amides is 1. The Morgan fingerprint density at radius 3 is 3.22 bits per heavy atom. The maximum atomic E-state index is 11.9. The van der Waals surface area contributed by atoms with E-state index in [0.29, 0.717) is 6.54 Å². The minimum atomic E-state index is -0.0213. The second-order valence-electron chi connectivity index (χ2n) is 4.76. The molecule has 1 aliphatic rings. The zero-order valence-electron chi connectivity index (χ0n) is 10.9. The fourth-order valence-corrected chi connectivity index (χ4v) is 2.21. The third kappa shape index (κ3) is 3.53. The van der Waals surface area contributed by atoms with Gasteiger partial charge in [-0.15, -0.1) is 10.2 Å². The molecule has 0 radical (unpaired) electrons. The summed E-state index contributed by atoms with van der Waals surface area (Å²) in [4.78, 5) is 11.9. The quantitative estimate of drug-likeness (QED) is 0.790. The van der Waals surface area contributed by atoms with Crippen molar-refractivity contribution in [1.29, 1.82) is 0 Å². The first-order valence-electron chi connectivity index (χ1n) is 6.61. The van der Waals surface area contributed by atoms with Crippen molar-refractivity contribution >= 4 is 5.91 Å². The van der Waals surface area contributed by atoms with Crippen molar-refractivity contribution in [3.05, 3.63) is 12.2 Å². The van der Waals surface area contributed by atoms with E-state index in [1.54, 1.807) is 6.33 Å². The van der Waals surface area contributed by atoms with Gasteiger partial charge in [-0.2, -0.15) is 0 Å². The molecule has 0 saturated carbocycles.